The maximum atomic E-state index is 5.75. The molecule has 1 N–H and O–H groups in total. The van der Waals surface area contributed by atoms with Crippen LogP contribution in [0.5, 0.6) is 11.5 Å². The third kappa shape index (κ3) is 6.54. The highest BCUT2D eigenvalue weighted by molar-refractivity contribution is 7.17. The Morgan fingerprint density at radius 2 is 1.21 bits per heavy atom. The van der Waals surface area contributed by atoms with Gasteiger partial charge < -0.3 is 10.1 Å². The Hall–Kier alpha value is -2.15. The minimum absolute atomic E-state index is 0.292. The molecule has 0 fully saturated rings. The van der Waals surface area contributed by atoms with Crippen LogP contribution in [0.15, 0.2) is 91.0 Å². The van der Waals surface area contributed by atoms with Gasteiger partial charge in [-0.25, -0.2) is 0 Å². The number of benzene rings is 3. The van der Waals surface area contributed by atoms with Crippen molar-refractivity contribution in [3.8, 4) is 11.5 Å². The molecule has 3 heteroatoms. The number of rotatable bonds is 5. The van der Waals surface area contributed by atoms with Crippen LogP contribution in [0.1, 0.15) is 18.3 Å². The van der Waals surface area contributed by atoms with Crippen molar-refractivity contribution in [1.29, 1.82) is 0 Å². The summed E-state index contributed by atoms with van der Waals surface area (Å²) in [5.41, 5.74) is 1.24. The molecule has 3 aromatic carbocycles. The van der Waals surface area contributed by atoms with Crippen LogP contribution in [-0.4, -0.2) is 6.54 Å². The van der Waals surface area contributed by atoms with Crippen molar-refractivity contribution in [3.05, 3.63) is 96.6 Å². The van der Waals surface area contributed by atoms with Gasteiger partial charge in [-0.05, 0) is 36.4 Å². The summed E-state index contributed by atoms with van der Waals surface area (Å²) in [6.07, 6.45) is 0. The Balaban J connectivity index is 0.000000292. The lowest BCUT2D eigenvalue weighted by atomic mass is 10.2. The molecule has 2 unspecified atom stereocenters. The average Bonchev–Trinajstić information content (AvgIpc) is 2.65. The highest BCUT2D eigenvalue weighted by Gasteiger charge is 2.03. The second kappa shape index (κ2) is 10.6. The highest BCUT2D eigenvalue weighted by atomic mass is 31.0. The Morgan fingerprint density at radius 3 is 1.71 bits per heavy atom. The van der Waals surface area contributed by atoms with E-state index in [0.717, 1.165) is 18.0 Å². The molecule has 0 aliphatic carbocycles. The van der Waals surface area contributed by atoms with Gasteiger partial charge in [-0.2, -0.15) is 0 Å². The van der Waals surface area contributed by atoms with Crippen LogP contribution in [0.2, 0.25) is 0 Å². The molecule has 0 bridgehead atoms. The maximum Gasteiger partial charge on any atom is 0.127 e. The average molecular weight is 337 g/mol. The molecule has 0 saturated carbocycles. The first-order valence-electron chi connectivity index (χ1n) is 8.11. The van der Waals surface area contributed by atoms with Gasteiger partial charge in [0.05, 0.1) is 0 Å². The summed E-state index contributed by atoms with van der Waals surface area (Å²) in [6.45, 7) is 3.06. The Labute approximate surface area is 147 Å². The summed E-state index contributed by atoms with van der Waals surface area (Å²) in [4.78, 5) is 0. The molecule has 0 radical (unpaired) electrons. The van der Waals surface area contributed by atoms with Crippen molar-refractivity contribution >= 4 is 9.24 Å². The van der Waals surface area contributed by atoms with E-state index in [0.29, 0.717) is 5.78 Å². The summed E-state index contributed by atoms with van der Waals surface area (Å²) in [5.74, 6) is 2.01. The summed E-state index contributed by atoms with van der Waals surface area (Å²) >= 11 is 0. The zero-order valence-corrected chi connectivity index (χ0v) is 15.1. The normalized spacial score (nSPS) is 11.1. The van der Waals surface area contributed by atoms with Crippen molar-refractivity contribution in [2.24, 2.45) is 0 Å². The molecule has 0 aliphatic rings. The maximum absolute atomic E-state index is 5.75. The number of nitrogens with one attached hydrogen (secondary N) is 1. The van der Waals surface area contributed by atoms with Crippen LogP contribution in [0, 0.1) is 0 Å². The highest BCUT2D eigenvalue weighted by Crippen LogP contribution is 2.25. The lowest BCUT2D eigenvalue weighted by Crippen LogP contribution is -2.14. The van der Waals surface area contributed by atoms with E-state index < -0.39 is 0 Å². The van der Waals surface area contributed by atoms with E-state index in [1.165, 1.54) is 5.56 Å². The van der Waals surface area contributed by atoms with Crippen molar-refractivity contribution in [2.45, 2.75) is 12.7 Å². The minimum atomic E-state index is 0.292. The summed E-state index contributed by atoms with van der Waals surface area (Å²) < 4.78 is 5.75. The predicted molar refractivity (Wildman–Crippen MR) is 106 cm³/mol. The first-order chi connectivity index (χ1) is 11.8. The van der Waals surface area contributed by atoms with E-state index in [4.69, 9.17) is 4.74 Å². The molecule has 3 rings (SSSR count). The van der Waals surface area contributed by atoms with E-state index in [2.05, 4.69) is 33.6 Å². The van der Waals surface area contributed by atoms with E-state index in [-0.39, 0.29) is 0 Å². The number of para-hydroxylation sites is 1. The van der Waals surface area contributed by atoms with Crippen LogP contribution < -0.4 is 10.1 Å². The zero-order valence-electron chi connectivity index (χ0n) is 13.9. The molecule has 3 aromatic rings. The van der Waals surface area contributed by atoms with Crippen LogP contribution in [0.4, 0.5) is 0 Å². The van der Waals surface area contributed by atoms with E-state index in [1.54, 1.807) is 0 Å². The SMILES string of the molecule is CCNC(P)c1ccc(Oc2ccccc2)cc1.c1ccccc1. The summed E-state index contributed by atoms with van der Waals surface area (Å²) in [6, 6.07) is 30.0. The predicted octanol–water partition coefficient (Wildman–Crippen LogP) is 5.65. The quantitative estimate of drug-likeness (QED) is 0.608. The number of hydrogen-bond acceptors (Lipinski definition) is 2. The number of ether oxygens (including phenoxy) is 1. The van der Waals surface area contributed by atoms with Gasteiger partial charge in [0.25, 0.3) is 0 Å². The second-order valence-electron chi connectivity index (χ2n) is 5.17. The molecule has 0 aliphatic heterocycles. The monoisotopic (exact) mass is 337 g/mol. The zero-order chi connectivity index (χ0) is 17.0. The van der Waals surface area contributed by atoms with Gasteiger partial charge in [0.2, 0.25) is 0 Å². The molecular formula is C21H24NOP. The molecule has 0 aromatic heterocycles. The van der Waals surface area contributed by atoms with Gasteiger partial charge in [-0.3, -0.25) is 0 Å². The van der Waals surface area contributed by atoms with Gasteiger partial charge >= 0.3 is 0 Å². The van der Waals surface area contributed by atoms with Crippen molar-refractivity contribution < 1.29 is 4.74 Å². The van der Waals surface area contributed by atoms with Gasteiger partial charge in [0.1, 0.15) is 11.5 Å². The molecular weight excluding hydrogens is 313 g/mol. The lowest BCUT2D eigenvalue weighted by molar-refractivity contribution is 0.482. The van der Waals surface area contributed by atoms with Crippen LogP contribution in [0.25, 0.3) is 0 Å². The fraction of sp³-hybridized carbons (Fsp3) is 0.143. The molecule has 2 nitrogen and oxygen atoms in total. The first-order valence-corrected chi connectivity index (χ1v) is 8.78. The number of hydrogen-bond donors (Lipinski definition) is 1. The van der Waals surface area contributed by atoms with E-state index in [1.807, 2.05) is 78.9 Å². The molecule has 2 atom stereocenters. The van der Waals surface area contributed by atoms with Gasteiger partial charge in [0, 0.05) is 5.78 Å². The fourth-order valence-corrected chi connectivity index (χ4v) is 2.55. The third-order valence-electron chi connectivity index (χ3n) is 3.31. The van der Waals surface area contributed by atoms with Crippen LogP contribution in [-0.2, 0) is 0 Å². The molecule has 0 spiro atoms. The smallest absolute Gasteiger partial charge is 0.127 e. The van der Waals surface area contributed by atoms with Crippen molar-refractivity contribution in [3.63, 3.8) is 0 Å². The Kier molecular flexibility index (Phi) is 8.03. The van der Waals surface area contributed by atoms with E-state index >= 15 is 0 Å². The lowest BCUT2D eigenvalue weighted by Gasteiger charge is -2.13. The van der Waals surface area contributed by atoms with Gasteiger partial charge in [-0.15, -0.1) is 9.24 Å². The molecule has 0 saturated heterocycles. The fourth-order valence-electron chi connectivity index (χ4n) is 2.09. The summed E-state index contributed by atoms with van der Waals surface area (Å²) in [5, 5.41) is 3.35. The van der Waals surface area contributed by atoms with Gasteiger partial charge in [-0.1, -0.05) is 73.7 Å². The van der Waals surface area contributed by atoms with Gasteiger partial charge in [0.15, 0.2) is 0 Å². The molecule has 0 heterocycles. The Bertz CT molecular complexity index is 645. The summed E-state index contributed by atoms with van der Waals surface area (Å²) in [7, 11) is 2.80. The van der Waals surface area contributed by atoms with Crippen molar-refractivity contribution in [2.75, 3.05) is 6.54 Å². The standard InChI is InChI=1S/C15H18NOP.C6H6/c1-2-16-15(18)12-8-10-14(11-9-12)17-13-6-4-3-5-7-13;1-2-4-6-5-3-1/h3-11,15-16H,2,18H2,1H3;1-6H. The van der Waals surface area contributed by atoms with Crippen LogP contribution in [0.3, 0.4) is 0 Å². The third-order valence-corrected chi connectivity index (χ3v) is 3.93. The van der Waals surface area contributed by atoms with Crippen molar-refractivity contribution in [1.82, 2.24) is 5.32 Å². The molecule has 24 heavy (non-hydrogen) atoms. The topological polar surface area (TPSA) is 21.3 Å². The largest absolute Gasteiger partial charge is 0.457 e. The first kappa shape index (κ1) is 18.2. The van der Waals surface area contributed by atoms with E-state index in [9.17, 15) is 0 Å². The molecule has 0 amide bonds. The molecule has 124 valence electrons. The Morgan fingerprint density at radius 1 is 0.750 bits per heavy atom. The van der Waals surface area contributed by atoms with Crippen LogP contribution >= 0.6 is 9.24 Å². The second-order valence-corrected chi connectivity index (χ2v) is 5.84. The minimum Gasteiger partial charge on any atom is -0.457 e.